The SMILES string of the molecule is CC(C)=NCC(=O)[C@H](Cc1ccc(O)cc1)NC(=O)[C@H](C)CC(=O)[C@H](CCCN=C(N)N)NC(=O)[C@@H](CC(=O)[C@@H](N)CC(C)C)Cc1ccc(O)cc1. The summed E-state index contributed by atoms with van der Waals surface area (Å²) in [5.74, 6) is -3.70. The first-order valence-corrected chi connectivity index (χ1v) is 18.0. The fraction of sp³-hybridized carbons (Fsp3) is 0.513. The summed E-state index contributed by atoms with van der Waals surface area (Å²) in [6, 6.07) is 9.82. The lowest BCUT2D eigenvalue weighted by Gasteiger charge is -2.24. The number of hydrogen-bond acceptors (Lipinski definition) is 10. The van der Waals surface area contributed by atoms with Gasteiger partial charge in [0.2, 0.25) is 11.8 Å². The van der Waals surface area contributed by atoms with Crippen LogP contribution in [0.5, 0.6) is 11.5 Å². The fourth-order valence-corrected chi connectivity index (χ4v) is 5.62. The summed E-state index contributed by atoms with van der Waals surface area (Å²) < 4.78 is 0. The molecular weight excluding hydrogens is 678 g/mol. The lowest BCUT2D eigenvalue weighted by molar-refractivity contribution is -0.134. The number of amides is 2. The third-order valence-electron chi connectivity index (χ3n) is 8.61. The molecule has 290 valence electrons. The maximum Gasteiger partial charge on any atom is 0.224 e. The molecule has 2 aromatic rings. The lowest BCUT2D eigenvalue weighted by Crippen LogP contribution is -2.48. The Bertz CT molecular complexity index is 1580. The van der Waals surface area contributed by atoms with Crippen molar-refractivity contribution in [2.24, 2.45) is 44.9 Å². The predicted octanol–water partition coefficient (Wildman–Crippen LogP) is 2.50. The van der Waals surface area contributed by atoms with Gasteiger partial charge in [0.15, 0.2) is 17.5 Å². The molecule has 2 aromatic carbocycles. The normalized spacial score (nSPS) is 13.9. The Morgan fingerprint density at radius 1 is 0.717 bits per heavy atom. The van der Waals surface area contributed by atoms with Crippen LogP contribution in [0.3, 0.4) is 0 Å². The standard InChI is InChI=1S/C39H57N7O7/c1-23(2)17-31(40)34(49)21-28(19-26-8-12-29(47)13-9-26)38(53)45-32(7-6-16-43-39(41)42)35(50)18-25(5)37(52)46-33(36(51)22-44-24(3)4)20-27-10-14-30(48)15-11-27/h8-15,23,25,28,31-33,47-48H,6-7,16-22,40H2,1-5H3,(H,45,53)(H,46,52)(H4,41,42,43)/t25-,28-,31+,32+,33+/m1/s1. The van der Waals surface area contributed by atoms with Crippen molar-refractivity contribution in [3.05, 3.63) is 59.7 Å². The molecule has 53 heavy (non-hydrogen) atoms. The van der Waals surface area contributed by atoms with Crippen LogP contribution >= 0.6 is 0 Å². The predicted molar refractivity (Wildman–Crippen MR) is 205 cm³/mol. The van der Waals surface area contributed by atoms with Crippen LogP contribution in [0.25, 0.3) is 0 Å². The molecule has 0 bridgehead atoms. The molecule has 0 aliphatic rings. The number of phenols is 2. The van der Waals surface area contributed by atoms with Crippen molar-refractivity contribution in [1.82, 2.24) is 10.6 Å². The van der Waals surface area contributed by atoms with Gasteiger partial charge >= 0.3 is 0 Å². The second-order valence-electron chi connectivity index (χ2n) is 14.2. The molecule has 10 N–H and O–H groups in total. The Kier molecular flexibility index (Phi) is 18.3. The van der Waals surface area contributed by atoms with E-state index >= 15 is 0 Å². The van der Waals surface area contributed by atoms with E-state index in [1.54, 1.807) is 45.0 Å². The molecule has 0 aliphatic carbocycles. The zero-order valence-corrected chi connectivity index (χ0v) is 31.5. The molecule has 0 heterocycles. The summed E-state index contributed by atoms with van der Waals surface area (Å²) in [4.78, 5) is 75.6. The van der Waals surface area contributed by atoms with E-state index in [-0.39, 0.29) is 80.1 Å². The Balaban J connectivity index is 2.28. The number of nitrogens with zero attached hydrogens (tertiary/aromatic N) is 2. The van der Waals surface area contributed by atoms with Gasteiger partial charge < -0.3 is 38.0 Å². The Hall–Kier alpha value is -5.11. The van der Waals surface area contributed by atoms with E-state index in [9.17, 15) is 34.2 Å². The molecule has 0 fully saturated rings. The summed E-state index contributed by atoms with van der Waals surface area (Å²) in [7, 11) is 0. The molecule has 0 saturated carbocycles. The summed E-state index contributed by atoms with van der Waals surface area (Å²) in [5, 5.41) is 25.0. The third-order valence-corrected chi connectivity index (χ3v) is 8.61. The Morgan fingerprint density at radius 3 is 1.79 bits per heavy atom. The fourth-order valence-electron chi connectivity index (χ4n) is 5.62. The largest absolute Gasteiger partial charge is 0.508 e. The zero-order chi connectivity index (χ0) is 39.7. The number of hydrogen-bond donors (Lipinski definition) is 7. The monoisotopic (exact) mass is 735 g/mol. The van der Waals surface area contributed by atoms with Gasteiger partial charge in [0.05, 0.1) is 24.7 Å². The van der Waals surface area contributed by atoms with Crippen molar-refractivity contribution < 1.29 is 34.2 Å². The second kappa shape index (κ2) is 22.1. The summed E-state index contributed by atoms with van der Waals surface area (Å²) in [6.07, 6.45) is 0.812. The number of rotatable bonds is 23. The summed E-state index contributed by atoms with van der Waals surface area (Å²) in [6.45, 7) is 9.03. The lowest BCUT2D eigenvalue weighted by atomic mass is 9.88. The topological polar surface area (TPSA) is 253 Å². The number of carbonyl (C=O) groups excluding carboxylic acids is 5. The van der Waals surface area contributed by atoms with Crippen LogP contribution in [0, 0.1) is 17.8 Å². The molecule has 5 atom stereocenters. The van der Waals surface area contributed by atoms with Gasteiger partial charge in [-0.25, -0.2) is 0 Å². The van der Waals surface area contributed by atoms with Gasteiger partial charge in [-0.15, -0.1) is 0 Å². The quantitative estimate of drug-likeness (QED) is 0.0499. The number of ketones is 3. The van der Waals surface area contributed by atoms with Crippen LogP contribution in [-0.2, 0) is 36.8 Å². The number of benzene rings is 2. The number of aromatic hydroxyl groups is 2. The number of phenolic OH excluding ortho intramolecular Hbond substituents is 2. The van der Waals surface area contributed by atoms with Gasteiger partial charge in [0.25, 0.3) is 0 Å². The van der Waals surface area contributed by atoms with Gasteiger partial charge in [-0.3, -0.25) is 34.0 Å². The van der Waals surface area contributed by atoms with E-state index in [2.05, 4.69) is 20.6 Å². The van der Waals surface area contributed by atoms with Crippen LogP contribution < -0.4 is 27.8 Å². The molecule has 0 radical (unpaired) electrons. The van der Waals surface area contributed by atoms with Crippen molar-refractivity contribution in [2.75, 3.05) is 13.1 Å². The van der Waals surface area contributed by atoms with Crippen LogP contribution in [0.1, 0.15) is 77.8 Å². The van der Waals surface area contributed by atoms with Gasteiger partial charge in [-0.1, -0.05) is 45.0 Å². The maximum atomic E-state index is 13.9. The highest BCUT2D eigenvalue weighted by Gasteiger charge is 2.31. The van der Waals surface area contributed by atoms with E-state index in [4.69, 9.17) is 17.2 Å². The molecule has 0 saturated heterocycles. The second-order valence-corrected chi connectivity index (χ2v) is 14.2. The van der Waals surface area contributed by atoms with Crippen molar-refractivity contribution >= 4 is 40.8 Å². The number of Topliss-reactive ketones (excluding diaryl/α,β-unsaturated/α-hetero) is 3. The first-order valence-electron chi connectivity index (χ1n) is 18.0. The highest BCUT2D eigenvalue weighted by atomic mass is 16.3. The van der Waals surface area contributed by atoms with Crippen molar-refractivity contribution in [1.29, 1.82) is 0 Å². The first kappa shape index (κ1) is 44.1. The third kappa shape index (κ3) is 16.8. The van der Waals surface area contributed by atoms with E-state index in [1.807, 2.05) is 13.8 Å². The molecule has 2 rings (SSSR count). The van der Waals surface area contributed by atoms with Crippen molar-refractivity contribution in [3.63, 3.8) is 0 Å². The minimum atomic E-state index is -1.04. The molecule has 0 spiro atoms. The van der Waals surface area contributed by atoms with E-state index < -0.39 is 47.6 Å². The van der Waals surface area contributed by atoms with E-state index in [0.717, 1.165) is 0 Å². The van der Waals surface area contributed by atoms with E-state index in [0.29, 0.717) is 29.7 Å². The number of nitrogens with one attached hydrogen (secondary N) is 2. The van der Waals surface area contributed by atoms with Crippen LogP contribution in [0.15, 0.2) is 58.5 Å². The van der Waals surface area contributed by atoms with Gasteiger partial charge in [-0.2, -0.15) is 0 Å². The molecule has 14 heteroatoms. The van der Waals surface area contributed by atoms with Crippen LogP contribution in [-0.4, -0.2) is 82.3 Å². The summed E-state index contributed by atoms with van der Waals surface area (Å²) >= 11 is 0. The molecule has 0 aromatic heterocycles. The Labute approximate surface area is 312 Å². The highest BCUT2D eigenvalue weighted by molar-refractivity contribution is 5.96. The van der Waals surface area contributed by atoms with Gasteiger partial charge in [0.1, 0.15) is 17.3 Å². The summed E-state index contributed by atoms with van der Waals surface area (Å²) in [5.41, 5.74) is 19.2. The first-order chi connectivity index (χ1) is 24.9. The molecule has 0 aliphatic heterocycles. The molecule has 14 nitrogen and oxygen atoms in total. The van der Waals surface area contributed by atoms with Crippen LogP contribution in [0.4, 0.5) is 0 Å². The van der Waals surface area contributed by atoms with Crippen molar-refractivity contribution in [2.45, 2.75) is 97.7 Å². The minimum absolute atomic E-state index is 0.0509. The Morgan fingerprint density at radius 2 is 1.26 bits per heavy atom. The average molecular weight is 736 g/mol. The average Bonchev–Trinajstić information content (AvgIpc) is 3.08. The minimum Gasteiger partial charge on any atom is -0.508 e. The van der Waals surface area contributed by atoms with Gasteiger partial charge in [-0.05, 0) is 87.3 Å². The van der Waals surface area contributed by atoms with E-state index in [1.165, 1.54) is 24.3 Å². The zero-order valence-electron chi connectivity index (χ0n) is 31.5. The molecular formula is C39H57N7O7. The van der Waals surface area contributed by atoms with Gasteiger partial charge in [0, 0.05) is 36.9 Å². The smallest absolute Gasteiger partial charge is 0.224 e. The maximum absolute atomic E-state index is 13.9. The number of carbonyl (C=O) groups is 5. The molecule has 0 unspecified atom stereocenters. The highest BCUT2D eigenvalue weighted by Crippen LogP contribution is 2.20. The number of guanidine groups is 1. The number of aliphatic imine (C=N–C) groups is 2. The number of nitrogens with two attached hydrogens (primary N) is 3. The van der Waals surface area contributed by atoms with Crippen molar-refractivity contribution in [3.8, 4) is 11.5 Å². The molecule has 2 amide bonds. The van der Waals surface area contributed by atoms with Crippen LogP contribution in [0.2, 0.25) is 0 Å².